The van der Waals surface area contributed by atoms with Crippen LogP contribution in [-0.2, 0) is 4.79 Å². The van der Waals surface area contributed by atoms with E-state index in [1.165, 1.54) is 6.07 Å². The Morgan fingerprint density at radius 1 is 1.53 bits per heavy atom. The van der Waals surface area contributed by atoms with Gasteiger partial charge in [-0.25, -0.2) is 0 Å². The normalized spacial score (nSPS) is 11.4. The third-order valence-corrected chi connectivity index (χ3v) is 2.91. The van der Waals surface area contributed by atoms with Crippen molar-refractivity contribution in [3.8, 4) is 0 Å². The minimum atomic E-state index is -1.08. The van der Waals surface area contributed by atoms with Gasteiger partial charge in [0.1, 0.15) is 5.69 Å². The zero-order valence-corrected chi connectivity index (χ0v) is 9.88. The second-order valence-corrected chi connectivity index (χ2v) is 4.56. The highest BCUT2D eigenvalue weighted by molar-refractivity contribution is 7.16. The monoisotopic (exact) mass is 271 g/mol. The molecule has 17 heavy (non-hydrogen) atoms. The second-order valence-electron chi connectivity index (χ2n) is 3.11. The first-order valence-corrected chi connectivity index (χ1v) is 5.67. The van der Waals surface area contributed by atoms with Crippen molar-refractivity contribution in [2.45, 2.75) is 0 Å². The summed E-state index contributed by atoms with van der Waals surface area (Å²) in [6.45, 7) is -0.428. The largest absolute Gasteiger partial charge is 0.480 e. The SMILES string of the molecule is O=C(O)CN=Nc1cc(Cl)cc2sc(=O)[nH]c12. The van der Waals surface area contributed by atoms with Crippen molar-refractivity contribution in [3.63, 3.8) is 0 Å². The van der Waals surface area contributed by atoms with E-state index in [-0.39, 0.29) is 4.87 Å². The lowest BCUT2D eigenvalue weighted by atomic mass is 10.3. The molecular formula is C9H6ClN3O3S. The van der Waals surface area contributed by atoms with Crippen LogP contribution < -0.4 is 4.87 Å². The van der Waals surface area contributed by atoms with E-state index in [9.17, 15) is 9.59 Å². The van der Waals surface area contributed by atoms with E-state index in [4.69, 9.17) is 16.7 Å². The summed E-state index contributed by atoms with van der Waals surface area (Å²) in [5.74, 6) is -1.08. The van der Waals surface area contributed by atoms with Gasteiger partial charge in [0.05, 0.1) is 10.2 Å². The predicted octanol–water partition coefficient (Wildman–Crippen LogP) is 2.41. The Morgan fingerprint density at radius 2 is 2.29 bits per heavy atom. The van der Waals surface area contributed by atoms with Gasteiger partial charge in [0, 0.05) is 5.02 Å². The minimum absolute atomic E-state index is 0.225. The van der Waals surface area contributed by atoms with Crippen molar-refractivity contribution in [2.75, 3.05) is 6.54 Å². The highest BCUT2D eigenvalue weighted by atomic mass is 35.5. The molecule has 0 bridgehead atoms. The summed E-state index contributed by atoms with van der Waals surface area (Å²) in [6, 6.07) is 3.15. The maximum absolute atomic E-state index is 11.2. The number of aliphatic carboxylic acids is 1. The quantitative estimate of drug-likeness (QED) is 0.839. The maximum atomic E-state index is 11.2. The zero-order chi connectivity index (χ0) is 12.4. The Bertz CT molecular complexity index is 661. The van der Waals surface area contributed by atoms with Crippen molar-refractivity contribution in [1.82, 2.24) is 4.98 Å². The Balaban J connectivity index is 2.48. The molecule has 0 aliphatic carbocycles. The number of rotatable bonds is 3. The van der Waals surface area contributed by atoms with Crippen molar-refractivity contribution in [3.05, 3.63) is 26.8 Å². The molecule has 0 saturated carbocycles. The second kappa shape index (κ2) is 4.64. The molecule has 0 radical (unpaired) electrons. The standard InChI is InChI=1S/C9H6ClN3O3S/c10-4-1-5(13-11-3-7(14)15)8-6(2-4)17-9(16)12-8/h1-2H,3H2,(H,12,16)(H,14,15). The number of H-pyrrole nitrogens is 1. The number of carboxylic acids is 1. The molecule has 1 aromatic carbocycles. The van der Waals surface area contributed by atoms with Crippen LogP contribution in [0.4, 0.5) is 5.69 Å². The van der Waals surface area contributed by atoms with Crippen LogP contribution in [0.3, 0.4) is 0 Å². The maximum Gasteiger partial charge on any atom is 0.327 e. The molecule has 6 nitrogen and oxygen atoms in total. The Hall–Kier alpha value is -1.73. The molecule has 0 atom stereocenters. The molecule has 88 valence electrons. The molecular weight excluding hydrogens is 266 g/mol. The van der Waals surface area contributed by atoms with Gasteiger partial charge < -0.3 is 10.1 Å². The van der Waals surface area contributed by atoms with Crippen LogP contribution >= 0.6 is 22.9 Å². The Kier molecular flexibility index (Phi) is 3.21. The van der Waals surface area contributed by atoms with E-state index in [2.05, 4.69) is 15.2 Å². The van der Waals surface area contributed by atoms with E-state index in [1.807, 2.05) is 0 Å². The summed E-state index contributed by atoms with van der Waals surface area (Å²) < 4.78 is 0.659. The summed E-state index contributed by atoms with van der Waals surface area (Å²) >= 11 is 6.85. The topological polar surface area (TPSA) is 94.9 Å². The number of nitrogens with one attached hydrogen (secondary N) is 1. The van der Waals surface area contributed by atoms with Gasteiger partial charge >= 0.3 is 10.8 Å². The molecule has 0 spiro atoms. The van der Waals surface area contributed by atoms with Gasteiger partial charge in [-0.3, -0.25) is 9.59 Å². The number of aromatic amines is 1. The third-order valence-electron chi connectivity index (χ3n) is 1.86. The average Bonchev–Trinajstić information content (AvgIpc) is 2.57. The fraction of sp³-hybridized carbons (Fsp3) is 0.111. The van der Waals surface area contributed by atoms with Gasteiger partial charge in [-0.15, -0.1) is 0 Å². The highest BCUT2D eigenvalue weighted by Gasteiger charge is 2.07. The summed E-state index contributed by atoms with van der Waals surface area (Å²) in [6.07, 6.45) is 0. The molecule has 2 aromatic rings. The lowest BCUT2D eigenvalue weighted by Gasteiger charge is -1.96. The van der Waals surface area contributed by atoms with Crippen LogP contribution in [0, 0.1) is 0 Å². The van der Waals surface area contributed by atoms with Crippen LogP contribution in [0.15, 0.2) is 27.2 Å². The molecule has 0 unspecified atom stereocenters. The van der Waals surface area contributed by atoms with E-state index in [0.717, 1.165) is 11.3 Å². The molecule has 0 aliphatic heterocycles. The smallest absolute Gasteiger partial charge is 0.327 e. The summed E-state index contributed by atoms with van der Waals surface area (Å²) in [7, 11) is 0. The van der Waals surface area contributed by atoms with Crippen LogP contribution in [0.25, 0.3) is 10.2 Å². The predicted molar refractivity (Wildman–Crippen MR) is 64.5 cm³/mol. The fourth-order valence-corrected chi connectivity index (χ4v) is 2.33. The van der Waals surface area contributed by atoms with E-state index in [0.29, 0.717) is 20.9 Å². The molecule has 1 heterocycles. The Labute approximate surface area is 104 Å². The Morgan fingerprint density at radius 3 is 3.00 bits per heavy atom. The van der Waals surface area contributed by atoms with E-state index in [1.54, 1.807) is 6.07 Å². The molecule has 0 fully saturated rings. The number of halogens is 1. The first-order chi connectivity index (χ1) is 8.06. The number of carbonyl (C=O) groups is 1. The van der Waals surface area contributed by atoms with Gasteiger partial charge in [0.25, 0.3) is 0 Å². The van der Waals surface area contributed by atoms with Gasteiger partial charge in [0.2, 0.25) is 0 Å². The minimum Gasteiger partial charge on any atom is -0.480 e. The highest BCUT2D eigenvalue weighted by Crippen LogP contribution is 2.30. The van der Waals surface area contributed by atoms with Gasteiger partial charge in [0.15, 0.2) is 6.54 Å². The lowest BCUT2D eigenvalue weighted by Crippen LogP contribution is -1.97. The number of aromatic nitrogens is 1. The molecule has 2 N–H and O–H groups in total. The van der Waals surface area contributed by atoms with Gasteiger partial charge in [-0.2, -0.15) is 10.2 Å². The number of benzene rings is 1. The van der Waals surface area contributed by atoms with Gasteiger partial charge in [-0.05, 0) is 12.1 Å². The summed E-state index contributed by atoms with van der Waals surface area (Å²) in [5, 5.41) is 16.1. The van der Waals surface area contributed by atoms with Crippen molar-refractivity contribution in [1.29, 1.82) is 0 Å². The lowest BCUT2D eigenvalue weighted by molar-refractivity contribution is -0.135. The van der Waals surface area contributed by atoms with Crippen LogP contribution in [0.5, 0.6) is 0 Å². The zero-order valence-electron chi connectivity index (χ0n) is 8.31. The molecule has 8 heteroatoms. The summed E-state index contributed by atoms with van der Waals surface area (Å²) in [4.78, 5) is 23.8. The number of fused-ring (bicyclic) bond motifs is 1. The van der Waals surface area contributed by atoms with Crippen molar-refractivity contribution >= 4 is 44.8 Å². The van der Waals surface area contributed by atoms with E-state index >= 15 is 0 Å². The fourth-order valence-electron chi connectivity index (χ4n) is 1.25. The van der Waals surface area contributed by atoms with Crippen molar-refractivity contribution in [2.24, 2.45) is 10.2 Å². The number of hydrogen-bond donors (Lipinski definition) is 2. The number of nitrogens with zero attached hydrogens (tertiary/aromatic N) is 2. The average molecular weight is 272 g/mol. The molecule has 1 aromatic heterocycles. The first-order valence-electron chi connectivity index (χ1n) is 4.48. The summed E-state index contributed by atoms with van der Waals surface area (Å²) in [5.41, 5.74) is 0.866. The van der Waals surface area contributed by atoms with Crippen LogP contribution in [-0.4, -0.2) is 22.6 Å². The number of thiazole rings is 1. The third kappa shape index (κ3) is 2.69. The van der Waals surface area contributed by atoms with Crippen LogP contribution in [0.2, 0.25) is 5.02 Å². The van der Waals surface area contributed by atoms with Crippen molar-refractivity contribution < 1.29 is 9.90 Å². The van der Waals surface area contributed by atoms with Gasteiger partial charge in [-0.1, -0.05) is 22.9 Å². The molecule has 0 aliphatic rings. The van der Waals surface area contributed by atoms with Crippen LogP contribution in [0.1, 0.15) is 0 Å². The number of hydrogen-bond acceptors (Lipinski definition) is 5. The van der Waals surface area contributed by atoms with E-state index < -0.39 is 12.5 Å². The first kappa shape index (κ1) is 11.7. The molecule has 2 rings (SSSR count). The number of azo groups is 1. The molecule has 0 saturated heterocycles. The molecule has 0 amide bonds. The number of carboxylic acid groups (broad SMARTS) is 1.